The fourth-order valence-electron chi connectivity index (χ4n) is 2.28. The van der Waals surface area contributed by atoms with Crippen molar-refractivity contribution in [2.24, 2.45) is 11.3 Å². The molecule has 1 unspecified atom stereocenters. The molecule has 0 radical (unpaired) electrons. The molecule has 1 N–H and O–H groups in total. The van der Waals surface area contributed by atoms with E-state index in [1.807, 2.05) is 0 Å². The Morgan fingerprint density at radius 1 is 1.36 bits per heavy atom. The van der Waals surface area contributed by atoms with Gasteiger partial charge in [0.05, 0.1) is 0 Å². The van der Waals surface area contributed by atoms with Crippen molar-refractivity contribution in [3.05, 3.63) is 0 Å². The molecular weight excluding hydrogens is 190 g/mol. The van der Waals surface area contributed by atoms with Crippen LogP contribution in [0.3, 0.4) is 0 Å². The lowest BCUT2D eigenvalue weighted by Crippen LogP contribution is -2.48. The van der Waals surface area contributed by atoms with E-state index < -0.39 is 0 Å². The number of hydrogen-bond acceptors (Lipinski definition) is 2. The van der Waals surface area contributed by atoms with E-state index in [4.69, 9.17) is 0 Å². The van der Waals surface area contributed by atoms with Crippen molar-refractivity contribution >= 4 is 11.8 Å². The van der Waals surface area contributed by atoms with Crippen LogP contribution in [0.2, 0.25) is 0 Å². The summed E-state index contributed by atoms with van der Waals surface area (Å²) in [6.07, 6.45) is 5.77. The van der Waals surface area contributed by atoms with E-state index in [2.05, 4.69) is 30.9 Å². The molecule has 1 saturated heterocycles. The lowest BCUT2D eigenvalue weighted by Gasteiger charge is -2.40. The molecule has 2 fully saturated rings. The monoisotopic (exact) mass is 213 g/mol. The Labute approximate surface area is 92.4 Å². The highest BCUT2D eigenvalue weighted by molar-refractivity contribution is 7.99. The van der Waals surface area contributed by atoms with Gasteiger partial charge in [0.1, 0.15) is 0 Å². The van der Waals surface area contributed by atoms with Crippen molar-refractivity contribution in [3.63, 3.8) is 0 Å². The summed E-state index contributed by atoms with van der Waals surface area (Å²) in [5, 5.41) is 3.79. The number of nitrogens with one attached hydrogen (secondary N) is 1. The van der Waals surface area contributed by atoms with Crippen molar-refractivity contribution < 1.29 is 0 Å². The molecule has 0 spiro atoms. The van der Waals surface area contributed by atoms with Crippen LogP contribution in [0.25, 0.3) is 0 Å². The first-order valence-electron chi connectivity index (χ1n) is 5.99. The summed E-state index contributed by atoms with van der Waals surface area (Å²) in [6, 6.07) is 0.752. The molecule has 0 aromatic carbocycles. The second-order valence-electron chi connectivity index (χ2n) is 5.57. The third-order valence-corrected chi connectivity index (χ3v) is 5.06. The van der Waals surface area contributed by atoms with Gasteiger partial charge in [0.25, 0.3) is 0 Å². The van der Waals surface area contributed by atoms with E-state index in [1.165, 1.54) is 43.7 Å². The fourth-order valence-corrected chi connectivity index (χ4v) is 3.92. The molecule has 0 aromatic rings. The van der Waals surface area contributed by atoms with E-state index in [0.29, 0.717) is 5.41 Å². The normalized spacial score (nSPS) is 32.6. The average Bonchev–Trinajstić information content (AvgIpc) is 2.04. The van der Waals surface area contributed by atoms with E-state index in [0.717, 1.165) is 12.0 Å². The quantitative estimate of drug-likeness (QED) is 0.773. The van der Waals surface area contributed by atoms with E-state index in [-0.39, 0.29) is 0 Å². The van der Waals surface area contributed by atoms with Crippen LogP contribution in [-0.4, -0.2) is 24.1 Å². The van der Waals surface area contributed by atoms with Crippen LogP contribution < -0.4 is 5.32 Å². The minimum absolute atomic E-state index is 0.523. The van der Waals surface area contributed by atoms with Gasteiger partial charge in [-0.1, -0.05) is 20.3 Å². The molecule has 0 amide bonds. The zero-order valence-corrected chi connectivity index (χ0v) is 10.3. The van der Waals surface area contributed by atoms with Gasteiger partial charge in [-0.3, -0.25) is 0 Å². The smallest absolute Gasteiger partial charge is 0.0209 e. The van der Waals surface area contributed by atoms with Crippen molar-refractivity contribution in [3.8, 4) is 0 Å². The highest BCUT2D eigenvalue weighted by atomic mass is 32.2. The van der Waals surface area contributed by atoms with Gasteiger partial charge in [-0.2, -0.15) is 11.8 Å². The molecule has 1 aliphatic carbocycles. The molecule has 1 aliphatic heterocycles. The van der Waals surface area contributed by atoms with E-state index in [1.54, 1.807) is 0 Å². The predicted molar refractivity (Wildman–Crippen MR) is 64.9 cm³/mol. The van der Waals surface area contributed by atoms with Crippen molar-refractivity contribution in [1.29, 1.82) is 0 Å². The highest BCUT2D eigenvalue weighted by Crippen LogP contribution is 2.34. The zero-order chi connectivity index (χ0) is 10.0. The number of rotatable bonds is 3. The predicted octanol–water partition coefficient (Wildman–Crippen LogP) is 2.91. The van der Waals surface area contributed by atoms with Crippen LogP contribution in [-0.2, 0) is 0 Å². The van der Waals surface area contributed by atoms with Crippen LogP contribution in [0.5, 0.6) is 0 Å². The molecular formula is C12H23NS. The van der Waals surface area contributed by atoms with Gasteiger partial charge in [-0.25, -0.2) is 0 Å². The van der Waals surface area contributed by atoms with E-state index in [9.17, 15) is 0 Å². The Bertz CT molecular complexity index is 187. The average molecular weight is 213 g/mol. The van der Waals surface area contributed by atoms with Crippen molar-refractivity contribution in [2.45, 2.75) is 45.6 Å². The van der Waals surface area contributed by atoms with Crippen LogP contribution in [0.4, 0.5) is 0 Å². The fraction of sp³-hybridized carbons (Fsp3) is 1.00. The third-order valence-electron chi connectivity index (χ3n) is 4.00. The summed E-state index contributed by atoms with van der Waals surface area (Å²) in [4.78, 5) is 0. The summed E-state index contributed by atoms with van der Waals surface area (Å²) >= 11 is 2.12. The lowest BCUT2D eigenvalue weighted by atomic mass is 9.80. The number of thioether (sulfide) groups is 1. The maximum atomic E-state index is 3.79. The maximum Gasteiger partial charge on any atom is 0.0209 e. The molecule has 0 aromatic heterocycles. The first-order valence-corrected chi connectivity index (χ1v) is 7.15. The molecule has 1 atom stereocenters. The minimum Gasteiger partial charge on any atom is -0.312 e. The first kappa shape index (κ1) is 10.8. The third kappa shape index (κ3) is 2.46. The molecule has 1 saturated carbocycles. The van der Waals surface area contributed by atoms with Gasteiger partial charge in [-0.15, -0.1) is 0 Å². The topological polar surface area (TPSA) is 12.0 Å². The molecule has 14 heavy (non-hydrogen) atoms. The Balaban J connectivity index is 1.76. The Hall–Kier alpha value is 0.310. The molecule has 2 rings (SSSR count). The van der Waals surface area contributed by atoms with Gasteiger partial charge in [0.2, 0.25) is 0 Å². The van der Waals surface area contributed by atoms with Crippen LogP contribution in [0.15, 0.2) is 0 Å². The molecule has 0 bridgehead atoms. The summed E-state index contributed by atoms with van der Waals surface area (Å²) in [5.74, 6) is 3.67. The number of hydrogen-bond donors (Lipinski definition) is 1. The van der Waals surface area contributed by atoms with Crippen LogP contribution in [0, 0.1) is 11.3 Å². The molecule has 1 nitrogen and oxygen atoms in total. The maximum absolute atomic E-state index is 3.79. The summed E-state index contributed by atoms with van der Waals surface area (Å²) in [5.41, 5.74) is 0.523. The molecule has 2 aliphatic rings. The lowest BCUT2D eigenvalue weighted by molar-refractivity contribution is 0.214. The highest BCUT2D eigenvalue weighted by Gasteiger charge is 2.32. The zero-order valence-electron chi connectivity index (χ0n) is 9.51. The summed E-state index contributed by atoms with van der Waals surface area (Å²) < 4.78 is 0. The standard InChI is InChI=1S/C12H23NS/c1-12(2)6-7-14-9-11(12)13-8-10-4-3-5-10/h10-11,13H,3-9H2,1-2H3. The van der Waals surface area contributed by atoms with Gasteiger partial charge in [0.15, 0.2) is 0 Å². The van der Waals surface area contributed by atoms with Gasteiger partial charge in [0, 0.05) is 11.8 Å². The molecule has 1 heterocycles. The SMILES string of the molecule is CC1(C)CCSCC1NCC1CCC1. The van der Waals surface area contributed by atoms with Crippen LogP contribution in [0.1, 0.15) is 39.5 Å². The van der Waals surface area contributed by atoms with Gasteiger partial charge in [-0.05, 0) is 42.9 Å². The Kier molecular flexibility index (Phi) is 3.43. The largest absolute Gasteiger partial charge is 0.312 e. The second-order valence-corrected chi connectivity index (χ2v) is 6.72. The Morgan fingerprint density at radius 3 is 2.71 bits per heavy atom. The van der Waals surface area contributed by atoms with Crippen molar-refractivity contribution in [1.82, 2.24) is 5.32 Å². The van der Waals surface area contributed by atoms with Gasteiger partial charge < -0.3 is 5.32 Å². The van der Waals surface area contributed by atoms with Crippen molar-refractivity contribution in [2.75, 3.05) is 18.1 Å². The van der Waals surface area contributed by atoms with E-state index >= 15 is 0 Å². The van der Waals surface area contributed by atoms with Gasteiger partial charge >= 0.3 is 0 Å². The summed E-state index contributed by atoms with van der Waals surface area (Å²) in [6.45, 7) is 6.12. The second kappa shape index (κ2) is 4.44. The first-order chi connectivity index (χ1) is 6.68. The molecule has 2 heteroatoms. The summed E-state index contributed by atoms with van der Waals surface area (Å²) in [7, 11) is 0. The Morgan fingerprint density at radius 2 is 2.14 bits per heavy atom. The van der Waals surface area contributed by atoms with Crippen LogP contribution >= 0.6 is 11.8 Å². The molecule has 82 valence electrons. The minimum atomic E-state index is 0.523.